The first kappa shape index (κ1) is 11.1. The Balaban J connectivity index is 2.05. The number of hydrogen-bond acceptors (Lipinski definition) is 3. The summed E-state index contributed by atoms with van der Waals surface area (Å²) in [5.74, 6) is 0. The van der Waals surface area contributed by atoms with Crippen LogP contribution in [0, 0.1) is 11.3 Å². The fraction of sp³-hybridized carbons (Fsp3) is 0.462. The molecular weight excluding hydrogens is 200 g/mol. The zero-order valence-corrected chi connectivity index (χ0v) is 9.47. The summed E-state index contributed by atoms with van der Waals surface area (Å²) in [6.45, 7) is 4.42. The van der Waals surface area contributed by atoms with E-state index < -0.39 is 0 Å². The molecular formula is C13H16N2O. The van der Waals surface area contributed by atoms with Crippen molar-refractivity contribution in [2.45, 2.75) is 19.1 Å². The van der Waals surface area contributed by atoms with Crippen molar-refractivity contribution in [1.29, 1.82) is 5.26 Å². The molecule has 0 aliphatic carbocycles. The molecule has 1 aliphatic heterocycles. The molecule has 0 amide bonds. The maximum atomic E-state index is 8.86. The van der Waals surface area contributed by atoms with Crippen LogP contribution < -0.4 is 0 Å². The monoisotopic (exact) mass is 216 g/mol. The van der Waals surface area contributed by atoms with E-state index in [1.807, 2.05) is 18.2 Å². The molecule has 0 spiro atoms. The van der Waals surface area contributed by atoms with E-state index in [1.165, 1.54) is 5.56 Å². The molecule has 0 unspecified atom stereocenters. The highest BCUT2D eigenvalue weighted by Gasteiger charge is 2.24. The minimum Gasteiger partial charge on any atom is -0.361 e. The molecule has 0 aromatic heterocycles. The van der Waals surface area contributed by atoms with Crippen molar-refractivity contribution in [3.63, 3.8) is 0 Å². The van der Waals surface area contributed by atoms with Gasteiger partial charge in [-0.05, 0) is 12.5 Å². The van der Waals surface area contributed by atoms with Gasteiger partial charge in [-0.15, -0.1) is 0 Å². The Morgan fingerprint density at radius 3 is 2.88 bits per heavy atom. The van der Waals surface area contributed by atoms with Crippen LogP contribution in [0.4, 0.5) is 0 Å². The Labute approximate surface area is 96.2 Å². The molecule has 0 saturated carbocycles. The molecule has 0 N–H and O–H groups in total. The zero-order valence-electron chi connectivity index (χ0n) is 9.47. The highest BCUT2D eigenvalue weighted by molar-refractivity contribution is 5.18. The Kier molecular flexibility index (Phi) is 3.55. The van der Waals surface area contributed by atoms with E-state index in [1.54, 1.807) is 0 Å². The molecule has 3 nitrogen and oxygen atoms in total. The van der Waals surface area contributed by atoms with E-state index in [4.69, 9.17) is 10.00 Å². The van der Waals surface area contributed by atoms with Crippen LogP contribution in [0.5, 0.6) is 0 Å². The molecule has 1 saturated heterocycles. The first-order valence-electron chi connectivity index (χ1n) is 5.61. The quantitative estimate of drug-likeness (QED) is 0.758. The fourth-order valence-corrected chi connectivity index (χ4v) is 2.04. The van der Waals surface area contributed by atoms with Gasteiger partial charge in [0.05, 0.1) is 12.7 Å². The van der Waals surface area contributed by atoms with Crippen molar-refractivity contribution in [2.24, 2.45) is 0 Å². The minimum atomic E-state index is -0.278. The summed E-state index contributed by atoms with van der Waals surface area (Å²) in [4.78, 5) is 2.30. The van der Waals surface area contributed by atoms with Crippen LogP contribution in [0.25, 0.3) is 0 Å². The largest absolute Gasteiger partial charge is 0.361 e. The number of nitriles is 1. The van der Waals surface area contributed by atoms with Crippen molar-refractivity contribution in [1.82, 2.24) is 4.90 Å². The van der Waals surface area contributed by atoms with E-state index in [0.717, 1.165) is 6.54 Å². The highest BCUT2D eigenvalue weighted by Crippen LogP contribution is 2.21. The lowest BCUT2D eigenvalue weighted by atomic mass is 10.1. The Morgan fingerprint density at radius 2 is 2.19 bits per heavy atom. The number of nitrogens with zero attached hydrogens (tertiary/aromatic N) is 2. The number of benzene rings is 1. The lowest BCUT2D eigenvalue weighted by molar-refractivity contribution is -0.0146. The average Bonchev–Trinajstić information content (AvgIpc) is 2.39. The van der Waals surface area contributed by atoms with Crippen LogP contribution >= 0.6 is 0 Å². The average molecular weight is 216 g/mol. The van der Waals surface area contributed by atoms with E-state index in [-0.39, 0.29) is 6.10 Å². The van der Waals surface area contributed by atoms with Gasteiger partial charge in [-0.2, -0.15) is 5.26 Å². The van der Waals surface area contributed by atoms with Crippen molar-refractivity contribution in [3.05, 3.63) is 35.9 Å². The van der Waals surface area contributed by atoms with E-state index in [0.29, 0.717) is 19.2 Å². The van der Waals surface area contributed by atoms with E-state index in [9.17, 15) is 0 Å². The Hall–Kier alpha value is -1.37. The highest BCUT2D eigenvalue weighted by atomic mass is 16.5. The van der Waals surface area contributed by atoms with E-state index >= 15 is 0 Å². The number of rotatable bonds is 2. The van der Waals surface area contributed by atoms with Gasteiger partial charge in [-0.3, -0.25) is 4.90 Å². The Morgan fingerprint density at radius 1 is 1.44 bits per heavy atom. The summed E-state index contributed by atoms with van der Waals surface area (Å²) in [5, 5.41) is 8.86. The summed E-state index contributed by atoms with van der Waals surface area (Å²) >= 11 is 0. The zero-order chi connectivity index (χ0) is 11.4. The third kappa shape index (κ3) is 2.41. The van der Waals surface area contributed by atoms with Gasteiger partial charge in [0, 0.05) is 19.1 Å². The van der Waals surface area contributed by atoms with Gasteiger partial charge in [0.25, 0.3) is 0 Å². The molecule has 3 heteroatoms. The van der Waals surface area contributed by atoms with Crippen LogP contribution in [0.1, 0.15) is 18.5 Å². The van der Waals surface area contributed by atoms with Gasteiger partial charge in [-0.25, -0.2) is 0 Å². The molecule has 1 aliphatic rings. The molecule has 84 valence electrons. The van der Waals surface area contributed by atoms with Crippen LogP contribution in [0.2, 0.25) is 0 Å². The second kappa shape index (κ2) is 5.11. The number of hydrogen-bond donors (Lipinski definition) is 0. The van der Waals surface area contributed by atoms with Gasteiger partial charge in [0.2, 0.25) is 0 Å². The fourth-order valence-electron chi connectivity index (χ4n) is 2.04. The predicted octanol–water partition coefficient (Wildman–Crippen LogP) is 1.97. The van der Waals surface area contributed by atoms with Crippen molar-refractivity contribution in [3.8, 4) is 6.07 Å². The first-order valence-corrected chi connectivity index (χ1v) is 5.61. The molecule has 1 aromatic rings. The van der Waals surface area contributed by atoms with Crippen LogP contribution in [-0.4, -0.2) is 30.7 Å². The maximum Gasteiger partial charge on any atom is 0.156 e. The standard InChI is InChI=1S/C13H16N2O/c1-11(12-5-3-2-4-6-12)15-7-8-16-13(9-14)10-15/h2-6,11,13H,7-8,10H2,1H3/t11-,13-/m1/s1. The molecule has 1 heterocycles. The van der Waals surface area contributed by atoms with Gasteiger partial charge < -0.3 is 4.74 Å². The minimum absolute atomic E-state index is 0.278. The Bertz CT molecular complexity index is 371. The normalized spacial score (nSPS) is 23.6. The van der Waals surface area contributed by atoms with Crippen molar-refractivity contribution >= 4 is 0 Å². The lowest BCUT2D eigenvalue weighted by Gasteiger charge is -2.34. The molecule has 2 atom stereocenters. The molecule has 0 bridgehead atoms. The third-order valence-electron chi connectivity index (χ3n) is 3.07. The molecule has 16 heavy (non-hydrogen) atoms. The molecule has 1 fully saturated rings. The summed E-state index contributed by atoms with van der Waals surface area (Å²) in [5.41, 5.74) is 1.29. The molecule has 2 rings (SSSR count). The topological polar surface area (TPSA) is 36.3 Å². The van der Waals surface area contributed by atoms with Crippen LogP contribution in [0.15, 0.2) is 30.3 Å². The first-order chi connectivity index (χ1) is 7.81. The second-order valence-electron chi connectivity index (χ2n) is 4.07. The number of ether oxygens (including phenoxy) is 1. The smallest absolute Gasteiger partial charge is 0.156 e. The lowest BCUT2D eigenvalue weighted by Crippen LogP contribution is -2.42. The predicted molar refractivity (Wildman–Crippen MR) is 61.8 cm³/mol. The second-order valence-corrected chi connectivity index (χ2v) is 4.07. The van der Waals surface area contributed by atoms with Crippen molar-refractivity contribution < 1.29 is 4.74 Å². The summed E-state index contributed by atoms with van der Waals surface area (Å²) < 4.78 is 5.34. The van der Waals surface area contributed by atoms with Crippen molar-refractivity contribution in [2.75, 3.05) is 19.7 Å². The third-order valence-corrected chi connectivity index (χ3v) is 3.07. The van der Waals surface area contributed by atoms with E-state index in [2.05, 4.69) is 30.0 Å². The molecule has 1 aromatic carbocycles. The van der Waals surface area contributed by atoms with Gasteiger partial charge in [-0.1, -0.05) is 30.3 Å². The maximum absolute atomic E-state index is 8.86. The summed E-state index contributed by atoms with van der Waals surface area (Å²) in [6.07, 6.45) is -0.278. The van der Waals surface area contributed by atoms with Crippen LogP contribution in [-0.2, 0) is 4.74 Å². The summed E-state index contributed by atoms with van der Waals surface area (Å²) in [7, 11) is 0. The van der Waals surface area contributed by atoms with Gasteiger partial charge >= 0.3 is 0 Å². The SMILES string of the molecule is C[C@H](c1ccccc1)N1CCO[C@H](C#N)C1. The van der Waals surface area contributed by atoms with Crippen LogP contribution in [0.3, 0.4) is 0 Å². The molecule has 0 radical (unpaired) electrons. The number of morpholine rings is 1. The van der Waals surface area contributed by atoms with Gasteiger partial charge in [0.1, 0.15) is 0 Å². The van der Waals surface area contributed by atoms with Gasteiger partial charge in [0.15, 0.2) is 6.10 Å². The summed E-state index contributed by atoms with van der Waals surface area (Å²) in [6, 6.07) is 12.9.